The van der Waals surface area contributed by atoms with Gasteiger partial charge in [0, 0.05) is 17.6 Å². The smallest absolute Gasteiger partial charge is 0.329 e. The van der Waals surface area contributed by atoms with E-state index < -0.39 is 17.8 Å². The maximum atomic E-state index is 12.4. The largest absolute Gasteiger partial charge is 0.416 e. The van der Waals surface area contributed by atoms with Gasteiger partial charge in [-0.15, -0.1) is 12.4 Å². The second-order valence-corrected chi connectivity index (χ2v) is 3.55. The molecule has 1 rings (SSSR count). The highest BCUT2D eigenvalue weighted by Gasteiger charge is 2.31. The first-order chi connectivity index (χ1) is 6.84. The molecule has 0 bridgehead atoms. The third-order valence-corrected chi connectivity index (χ3v) is 2.15. The number of hydrogen-bond acceptors (Lipinski definition) is 2. The highest BCUT2D eigenvalue weighted by molar-refractivity contribution is 6.30. The summed E-state index contributed by atoms with van der Waals surface area (Å²) in [7, 11) is 0. The van der Waals surface area contributed by atoms with Crippen LogP contribution in [0.25, 0.3) is 0 Å². The summed E-state index contributed by atoms with van der Waals surface area (Å²) in [5.41, 5.74) is 10.3. The van der Waals surface area contributed by atoms with Gasteiger partial charge in [0.25, 0.3) is 0 Å². The summed E-state index contributed by atoms with van der Waals surface area (Å²) in [6.07, 6.45) is -4.42. The monoisotopic (exact) mass is 274 g/mol. The highest BCUT2D eigenvalue weighted by Crippen LogP contribution is 2.32. The topological polar surface area (TPSA) is 52.0 Å². The lowest BCUT2D eigenvalue weighted by Gasteiger charge is -2.13. The van der Waals surface area contributed by atoms with E-state index >= 15 is 0 Å². The molecular formula is C9H11Cl2F3N2. The van der Waals surface area contributed by atoms with Crippen molar-refractivity contribution in [1.29, 1.82) is 0 Å². The summed E-state index contributed by atoms with van der Waals surface area (Å²) in [6.45, 7) is 0.0671. The molecule has 0 aliphatic carbocycles. The minimum absolute atomic E-state index is 0. The van der Waals surface area contributed by atoms with Crippen LogP contribution in [0.5, 0.6) is 0 Å². The average Bonchev–Trinajstić information content (AvgIpc) is 2.14. The molecular weight excluding hydrogens is 264 g/mol. The van der Waals surface area contributed by atoms with Crippen LogP contribution >= 0.6 is 24.0 Å². The fourth-order valence-electron chi connectivity index (χ4n) is 1.13. The van der Waals surface area contributed by atoms with Gasteiger partial charge in [-0.3, -0.25) is 0 Å². The number of rotatable bonds is 2. The normalized spacial score (nSPS) is 13.1. The van der Waals surface area contributed by atoms with E-state index in [0.29, 0.717) is 0 Å². The van der Waals surface area contributed by atoms with Gasteiger partial charge in [-0.1, -0.05) is 11.6 Å². The Balaban J connectivity index is 0.00000225. The summed E-state index contributed by atoms with van der Waals surface area (Å²) in [5, 5.41) is 0.00345. The van der Waals surface area contributed by atoms with Gasteiger partial charge in [-0.05, 0) is 23.8 Å². The molecule has 7 heteroatoms. The van der Waals surface area contributed by atoms with E-state index in [1.54, 1.807) is 0 Å². The van der Waals surface area contributed by atoms with Crippen molar-refractivity contribution in [2.24, 2.45) is 11.5 Å². The van der Waals surface area contributed by atoms with E-state index in [4.69, 9.17) is 23.1 Å². The Morgan fingerprint density at radius 1 is 1.25 bits per heavy atom. The van der Waals surface area contributed by atoms with Gasteiger partial charge in [0.2, 0.25) is 0 Å². The molecule has 1 aromatic rings. The van der Waals surface area contributed by atoms with E-state index in [9.17, 15) is 13.2 Å². The summed E-state index contributed by atoms with van der Waals surface area (Å²) in [4.78, 5) is 0. The van der Waals surface area contributed by atoms with Gasteiger partial charge in [0.1, 0.15) is 0 Å². The number of hydrogen-bond donors (Lipinski definition) is 2. The number of alkyl halides is 3. The first kappa shape index (κ1) is 15.5. The predicted octanol–water partition coefficient (Wildman–Crippen LogP) is 2.74. The van der Waals surface area contributed by atoms with Gasteiger partial charge in [0.05, 0.1) is 5.56 Å². The summed E-state index contributed by atoms with van der Waals surface area (Å²) in [5.74, 6) is 0. The molecule has 1 aromatic carbocycles. The predicted molar refractivity (Wildman–Crippen MR) is 59.7 cm³/mol. The Hall–Kier alpha value is -0.490. The van der Waals surface area contributed by atoms with Crippen LogP contribution in [-0.2, 0) is 6.18 Å². The SMILES string of the molecule is Cl.NC[C@H](N)c1cc(Cl)cc(C(F)(F)F)c1. The summed E-state index contributed by atoms with van der Waals surface area (Å²) >= 11 is 5.56. The molecule has 16 heavy (non-hydrogen) atoms. The van der Waals surface area contributed by atoms with E-state index in [1.165, 1.54) is 6.07 Å². The molecule has 0 fully saturated rings. The van der Waals surface area contributed by atoms with E-state index in [1.807, 2.05) is 0 Å². The lowest BCUT2D eigenvalue weighted by atomic mass is 10.0. The van der Waals surface area contributed by atoms with Crippen molar-refractivity contribution < 1.29 is 13.2 Å². The molecule has 0 amide bonds. The summed E-state index contributed by atoms with van der Waals surface area (Å²) < 4.78 is 37.2. The van der Waals surface area contributed by atoms with Gasteiger partial charge < -0.3 is 11.5 Å². The Labute approximate surface area is 102 Å². The Morgan fingerprint density at radius 3 is 2.25 bits per heavy atom. The third kappa shape index (κ3) is 3.83. The average molecular weight is 275 g/mol. The molecule has 1 atom stereocenters. The molecule has 0 saturated carbocycles. The molecule has 0 heterocycles. The van der Waals surface area contributed by atoms with Crippen LogP contribution in [-0.4, -0.2) is 6.54 Å². The van der Waals surface area contributed by atoms with Crippen LogP contribution in [0.1, 0.15) is 17.2 Å². The fraction of sp³-hybridized carbons (Fsp3) is 0.333. The van der Waals surface area contributed by atoms with Crippen LogP contribution in [0.15, 0.2) is 18.2 Å². The molecule has 0 radical (unpaired) electrons. The lowest BCUT2D eigenvalue weighted by Crippen LogP contribution is -2.21. The first-order valence-electron chi connectivity index (χ1n) is 4.18. The van der Waals surface area contributed by atoms with E-state index in [2.05, 4.69) is 0 Å². The van der Waals surface area contributed by atoms with Crippen molar-refractivity contribution in [3.05, 3.63) is 34.3 Å². The van der Waals surface area contributed by atoms with Crippen molar-refractivity contribution in [3.8, 4) is 0 Å². The maximum absolute atomic E-state index is 12.4. The molecule has 0 aliphatic rings. The molecule has 2 nitrogen and oxygen atoms in total. The minimum Gasteiger partial charge on any atom is -0.329 e. The second-order valence-electron chi connectivity index (χ2n) is 3.11. The molecule has 4 N–H and O–H groups in total. The van der Waals surface area contributed by atoms with Gasteiger partial charge in [-0.2, -0.15) is 13.2 Å². The summed E-state index contributed by atoms with van der Waals surface area (Å²) in [6, 6.07) is 2.57. The minimum atomic E-state index is -4.42. The maximum Gasteiger partial charge on any atom is 0.416 e. The number of nitrogens with two attached hydrogens (primary N) is 2. The van der Waals surface area contributed by atoms with Gasteiger partial charge in [0.15, 0.2) is 0 Å². The van der Waals surface area contributed by atoms with Crippen molar-refractivity contribution in [2.45, 2.75) is 12.2 Å². The zero-order valence-electron chi connectivity index (χ0n) is 8.09. The Kier molecular flexibility index (Phi) is 5.55. The van der Waals surface area contributed by atoms with Gasteiger partial charge in [-0.25, -0.2) is 0 Å². The van der Waals surface area contributed by atoms with Crippen molar-refractivity contribution in [1.82, 2.24) is 0 Å². The molecule has 0 aliphatic heterocycles. The van der Waals surface area contributed by atoms with Crippen LogP contribution in [0.3, 0.4) is 0 Å². The lowest BCUT2D eigenvalue weighted by molar-refractivity contribution is -0.137. The molecule has 0 spiro atoms. The van der Waals surface area contributed by atoms with Crippen molar-refractivity contribution >= 4 is 24.0 Å². The quantitative estimate of drug-likeness (QED) is 0.871. The first-order valence-corrected chi connectivity index (χ1v) is 4.55. The second kappa shape index (κ2) is 5.72. The van der Waals surface area contributed by atoms with E-state index in [-0.39, 0.29) is 29.5 Å². The standard InChI is InChI=1S/C9H10ClF3N2.ClH/c10-7-2-5(8(15)4-14)1-6(3-7)9(11,12)13;/h1-3,8H,4,14-15H2;1H/t8-;/m0./s1. The van der Waals surface area contributed by atoms with Gasteiger partial charge >= 0.3 is 6.18 Å². The van der Waals surface area contributed by atoms with Crippen LogP contribution in [0, 0.1) is 0 Å². The molecule has 0 aromatic heterocycles. The van der Waals surface area contributed by atoms with Crippen molar-refractivity contribution in [3.63, 3.8) is 0 Å². The van der Waals surface area contributed by atoms with Crippen LogP contribution in [0.4, 0.5) is 13.2 Å². The zero-order chi connectivity index (χ0) is 11.6. The van der Waals surface area contributed by atoms with Crippen LogP contribution < -0.4 is 11.5 Å². The molecule has 0 unspecified atom stereocenters. The third-order valence-electron chi connectivity index (χ3n) is 1.93. The van der Waals surface area contributed by atoms with E-state index in [0.717, 1.165) is 12.1 Å². The molecule has 92 valence electrons. The number of halogens is 5. The van der Waals surface area contributed by atoms with Crippen LogP contribution in [0.2, 0.25) is 5.02 Å². The molecule has 0 saturated heterocycles. The Bertz CT molecular complexity index is 355. The van der Waals surface area contributed by atoms with Crippen molar-refractivity contribution in [2.75, 3.05) is 6.54 Å². The zero-order valence-corrected chi connectivity index (χ0v) is 9.66. The highest BCUT2D eigenvalue weighted by atomic mass is 35.5. The number of benzene rings is 1. The fourth-order valence-corrected chi connectivity index (χ4v) is 1.37. The Morgan fingerprint density at radius 2 is 1.81 bits per heavy atom.